The van der Waals surface area contributed by atoms with Gasteiger partial charge in [-0.15, -0.1) is 0 Å². The van der Waals surface area contributed by atoms with E-state index in [-0.39, 0.29) is 4.90 Å². The Bertz CT molecular complexity index is 512. The van der Waals surface area contributed by atoms with Crippen LogP contribution in [0.5, 0.6) is 0 Å². The van der Waals surface area contributed by atoms with Crippen LogP contribution in [0.25, 0.3) is 0 Å². The second-order valence-corrected chi connectivity index (χ2v) is 7.32. The van der Waals surface area contributed by atoms with Gasteiger partial charge in [0, 0.05) is 32.9 Å². The normalized spacial score (nSPS) is 12.5. The third kappa shape index (κ3) is 5.74. The SMILES string of the molecule is CCNCCCn1cc(S(=O)(=O)N(C)CCN(C)C)cn1. The molecule has 0 aliphatic carbocycles. The molecule has 7 nitrogen and oxygen atoms in total. The number of rotatable bonds is 10. The van der Waals surface area contributed by atoms with Gasteiger partial charge in [0.25, 0.3) is 0 Å². The van der Waals surface area contributed by atoms with Crippen molar-refractivity contribution >= 4 is 10.0 Å². The zero-order chi connectivity index (χ0) is 15.9. The van der Waals surface area contributed by atoms with Crippen molar-refractivity contribution in [1.29, 1.82) is 0 Å². The van der Waals surface area contributed by atoms with Crippen LogP contribution in [0.4, 0.5) is 0 Å². The molecule has 1 aromatic rings. The molecule has 0 saturated carbocycles. The van der Waals surface area contributed by atoms with Gasteiger partial charge < -0.3 is 10.2 Å². The largest absolute Gasteiger partial charge is 0.317 e. The van der Waals surface area contributed by atoms with Crippen LogP contribution in [0.15, 0.2) is 17.3 Å². The molecule has 0 saturated heterocycles. The monoisotopic (exact) mass is 317 g/mol. The van der Waals surface area contributed by atoms with Crippen LogP contribution in [0.2, 0.25) is 0 Å². The Hall–Kier alpha value is -0.960. The summed E-state index contributed by atoms with van der Waals surface area (Å²) in [5.41, 5.74) is 0. The Morgan fingerprint density at radius 2 is 2.00 bits per heavy atom. The minimum atomic E-state index is -3.44. The summed E-state index contributed by atoms with van der Waals surface area (Å²) in [6, 6.07) is 0. The number of aromatic nitrogens is 2. The second-order valence-electron chi connectivity index (χ2n) is 5.28. The van der Waals surface area contributed by atoms with Crippen molar-refractivity contribution in [3.8, 4) is 0 Å². The molecule has 1 heterocycles. The lowest BCUT2D eigenvalue weighted by atomic mass is 10.4. The molecule has 21 heavy (non-hydrogen) atoms. The molecule has 0 aliphatic rings. The highest BCUT2D eigenvalue weighted by atomic mass is 32.2. The first kappa shape index (κ1) is 18.1. The van der Waals surface area contributed by atoms with Gasteiger partial charge in [0.05, 0.1) is 6.20 Å². The fourth-order valence-corrected chi connectivity index (χ4v) is 2.90. The highest BCUT2D eigenvalue weighted by Crippen LogP contribution is 2.13. The molecule has 0 aromatic carbocycles. The highest BCUT2D eigenvalue weighted by Gasteiger charge is 2.22. The molecule has 0 atom stereocenters. The predicted molar refractivity (Wildman–Crippen MR) is 83.8 cm³/mol. The smallest absolute Gasteiger partial charge is 0.245 e. The Kier molecular flexibility index (Phi) is 7.30. The summed E-state index contributed by atoms with van der Waals surface area (Å²) in [5, 5.41) is 7.36. The average molecular weight is 317 g/mol. The molecule has 0 spiro atoms. The van der Waals surface area contributed by atoms with Crippen molar-refractivity contribution in [1.82, 2.24) is 24.3 Å². The summed E-state index contributed by atoms with van der Waals surface area (Å²) in [6.45, 7) is 5.76. The van der Waals surface area contributed by atoms with Crippen LogP contribution in [0.3, 0.4) is 0 Å². The van der Waals surface area contributed by atoms with Crippen LogP contribution in [0, 0.1) is 0 Å². The Labute approximate surface area is 128 Å². The minimum Gasteiger partial charge on any atom is -0.317 e. The molecular weight excluding hydrogens is 290 g/mol. The van der Waals surface area contributed by atoms with E-state index in [1.807, 2.05) is 19.0 Å². The zero-order valence-electron chi connectivity index (χ0n) is 13.4. The number of likely N-dealkylation sites (N-methyl/N-ethyl adjacent to an activating group) is 2. The molecule has 1 rings (SSSR count). The molecule has 0 bridgehead atoms. The van der Waals surface area contributed by atoms with Crippen LogP contribution in [-0.4, -0.2) is 74.7 Å². The van der Waals surface area contributed by atoms with Crippen molar-refractivity contribution in [2.45, 2.75) is 24.8 Å². The molecule has 8 heteroatoms. The van der Waals surface area contributed by atoms with E-state index in [2.05, 4.69) is 17.3 Å². The number of hydrogen-bond donors (Lipinski definition) is 1. The summed E-state index contributed by atoms with van der Waals surface area (Å²) >= 11 is 0. The number of nitrogens with zero attached hydrogens (tertiary/aromatic N) is 4. The molecule has 0 radical (unpaired) electrons. The van der Waals surface area contributed by atoms with Gasteiger partial charge in [0.1, 0.15) is 4.90 Å². The van der Waals surface area contributed by atoms with Crippen molar-refractivity contribution < 1.29 is 8.42 Å². The quantitative estimate of drug-likeness (QED) is 0.618. The fraction of sp³-hybridized carbons (Fsp3) is 0.769. The second kappa shape index (κ2) is 8.47. The number of aryl methyl sites for hydroxylation is 1. The van der Waals surface area contributed by atoms with Gasteiger partial charge in [0.15, 0.2) is 0 Å². The van der Waals surface area contributed by atoms with Crippen molar-refractivity contribution in [3.05, 3.63) is 12.4 Å². The Morgan fingerprint density at radius 1 is 1.29 bits per heavy atom. The van der Waals surface area contributed by atoms with Gasteiger partial charge in [-0.25, -0.2) is 8.42 Å². The van der Waals surface area contributed by atoms with Crippen LogP contribution >= 0.6 is 0 Å². The lowest BCUT2D eigenvalue weighted by Crippen LogP contribution is -2.33. The number of nitrogens with one attached hydrogen (secondary N) is 1. The fourth-order valence-electron chi connectivity index (χ4n) is 1.78. The summed E-state index contributed by atoms with van der Waals surface area (Å²) in [5.74, 6) is 0. The van der Waals surface area contributed by atoms with Crippen molar-refractivity contribution in [3.63, 3.8) is 0 Å². The summed E-state index contributed by atoms with van der Waals surface area (Å²) in [6.07, 6.45) is 3.95. The maximum atomic E-state index is 12.4. The van der Waals surface area contributed by atoms with E-state index >= 15 is 0 Å². The van der Waals surface area contributed by atoms with Gasteiger partial charge in [-0.3, -0.25) is 4.68 Å². The van der Waals surface area contributed by atoms with Crippen molar-refractivity contribution in [2.75, 3.05) is 47.3 Å². The Morgan fingerprint density at radius 3 is 2.62 bits per heavy atom. The van der Waals surface area contributed by atoms with E-state index in [4.69, 9.17) is 0 Å². The third-order valence-electron chi connectivity index (χ3n) is 3.17. The van der Waals surface area contributed by atoms with Gasteiger partial charge in [-0.2, -0.15) is 9.40 Å². The zero-order valence-corrected chi connectivity index (χ0v) is 14.2. The first-order valence-electron chi connectivity index (χ1n) is 7.22. The van der Waals surface area contributed by atoms with E-state index in [9.17, 15) is 8.42 Å². The van der Waals surface area contributed by atoms with E-state index in [1.54, 1.807) is 17.9 Å². The van der Waals surface area contributed by atoms with Crippen LogP contribution in [-0.2, 0) is 16.6 Å². The molecule has 0 amide bonds. The molecule has 0 aliphatic heterocycles. The van der Waals surface area contributed by atoms with Crippen molar-refractivity contribution in [2.24, 2.45) is 0 Å². The van der Waals surface area contributed by atoms with Crippen LogP contribution in [0.1, 0.15) is 13.3 Å². The standard InChI is InChI=1S/C13H27N5O2S/c1-5-14-7-6-8-18-12-13(11-15-18)21(19,20)17(4)10-9-16(2)3/h11-12,14H,5-10H2,1-4H3. The predicted octanol–water partition coefficient (Wildman–Crippen LogP) is 0.0648. The minimum absolute atomic E-state index is 0.257. The Balaban J connectivity index is 2.61. The van der Waals surface area contributed by atoms with E-state index in [0.29, 0.717) is 19.6 Å². The molecule has 1 N–H and O–H groups in total. The summed E-state index contributed by atoms with van der Waals surface area (Å²) in [7, 11) is 2.00. The summed E-state index contributed by atoms with van der Waals surface area (Å²) in [4.78, 5) is 2.21. The lowest BCUT2D eigenvalue weighted by Gasteiger charge is -2.18. The lowest BCUT2D eigenvalue weighted by molar-refractivity contribution is 0.358. The summed E-state index contributed by atoms with van der Waals surface area (Å²) < 4.78 is 27.8. The molecule has 0 unspecified atom stereocenters. The maximum Gasteiger partial charge on any atom is 0.245 e. The number of sulfonamides is 1. The number of hydrogen-bond acceptors (Lipinski definition) is 5. The molecule has 122 valence electrons. The van der Waals surface area contributed by atoms with Gasteiger partial charge in [0.2, 0.25) is 10.0 Å². The first-order chi connectivity index (χ1) is 9.87. The molecule has 1 aromatic heterocycles. The van der Waals surface area contributed by atoms with E-state index < -0.39 is 10.0 Å². The highest BCUT2D eigenvalue weighted by molar-refractivity contribution is 7.89. The third-order valence-corrected chi connectivity index (χ3v) is 4.98. The molecule has 0 fully saturated rings. The maximum absolute atomic E-state index is 12.4. The van der Waals surface area contributed by atoms with E-state index in [1.165, 1.54) is 10.5 Å². The van der Waals surface area contributed by atoms with Gasteiger partial charge in [-0.05, 0) is 33.6 Å². The van der Waals surface area contributed by atoms with Gasteiger partial charge in [-0.1, -0.05) is 6.92 Å². The topological polar surface area (TPSA) is 70.5 Å². The van der Waals surface area contributed by atoms with Gasteiger partial charge >= 0.3 is 0 Å². The average Bonchev–Trinajstić information content (AvgIpc) is 2.90. The van der Waals surface area contributed by atoms with Crippen LogP contribution < -0.4 is 5.32 Å². The first-order valence-corrected chi connectivity index (χ1v) is 8.66. The van der Waals surface area contributed by atoms with E-state index in [0.717, 1.165) is 19.5 Å². The molecular formula is C13H27N5O2S.